The van der Waals surface area contributed by atoms with E-state index in [4.69, 9.17) is 9.47 Å². The smallest absolute Gasteiger partial charge is 0.263 e. The van der Waals surface area contributed by atoms with Gasteiger partial charge in [0.15, 0.2) is 6.10 Å². The summed E-state index contributed by atoms with van der Waals surface area (Å²) in [6.45, 7) is 1.16. The van der Waals surface area contributed by atoms with Gasteiger partial charge < -0.3 is 19.7 Å². The highest BCUT2D eigenvalue weighted by atomic mass is 32.2. The Bertz CT molecular complexity index is 1470. The molecule has 1 N–H and O–H groups in total. The monoisotopic (exact) mass is 563 g/mol. The fourth-order valence-electron chi connectivity index (χ4n) is 5.05. The van der Waals surface area contributed by atoms with E-state index in [9.17, 15) is 18.0 Å². The summed E-state index contributed by atoms with van der Waals surface area (Å²) in [6.07, 6.45) is 2.61. The van der Waals surface area contributed by atoms with Crippen molar-refractivity contribution in [3.63, 3.8) is 0 Å². The summed E-state index contributed by atoms with van der Waals surface area (Å²) >= 11 is 0. The van der Waals surface area contributed by atoms with E-state index < -0.39 is 22.0 Å². The first-order valence-corrected chi connectivity index (χ1v) is 14.9. The van der Waals surface area contributed by atoms with Crippen LogP contribution < -0.4 is 19.7 Å². The first-order chi connectivity index (χ1) is 19.4. The fraction of sp³-hybridized carbons (Fsp3) is 0.333. The van der Waals surface area contributed by atoms with Crippen LogP contribution in [0.1, 0.15) is 41.6 Å². The molecule has 0 unspecified atom stereocenters. The van der Waals surface area contributed by atoms with E-state index in [1.54, 1.807) is 30.3 Å². The number of sulfonamides is 1. The number of fused-ring (bicyclic) bond motifs is 1. The van der Waals surface area contributed by atoms with Crippen LogP contribution in [0.15, 0.2) is 77.7 Å². The number of nitrogens with one attached hydrogen (secondary N) is 1. The van der Waals surface area contributed by atoms with Gasteiger partial charge in [-0.25, -0.2) is 8.42 Å². The summed E-state index contributed by atoms with van der Waals surface area (Å²) < 4.78 is 40.1. The molecule has 2 amide bonds. The van der Waals surface area contributed by atoms with Gasteiger partial charge in [0.25, 0.3) is 11.8 Å². The number of methoxy groups -OCH3 is 1. The van der Waals surface area contributed by atoms with Crippen LogP contribution in [0.3, 0.4) is 0 Å². The predicted octanol–water partition coefficient (Wildman–Crippen LogP) is 3.98. The average molecular weight is 564 g/mol. The minimum Gasteiger partial charge on any atom is -0.495 e. The predicted molar refractivity (Wildman–Crippen MR) is 151 cm³/mol. The van der Waals surface area contributed by atoms with Crippen molar-refractivity contribution in [2.75, 3.05) is 31.6 Å². The first kappa shape index (κ1) is 27.7. The molecule has 10 heteroatoms. The van der Waals surface area contributed by atoms with Crippen LogP contribution in [0, 0.1) is 0 Å². The van der Waals surface area contributed by atoms with Gasteiger partial charge in [0.1, 0.15) is 16.4 Å². The molecular formula is C30H33N3O6S. The number of rotatable bonds is 7. The van der Waals surface area contributed by atoms with E-state index >= 15 is 0 Å². The number of amides is 2. The molecule has 1 saturated heterocycles. The van der Waals surface area contributed by atoms with Gasteiger partial charge in [-0.3, -0.25) is 9.59 Å². The number of para-hydroxylation sites is 2. The van der Waals surface area contributed by atoms with E-state index in [0.29, 0.717) is 31.1 Å². The summed E-state index contributed by atoms with van der Waals surface area (Å²) in [5, 5.41) is 2.88. The minimum atomic E-state index is -3.88. The van der Waals surface area contributed by atoms with Gasteiger partial charge in [-0.15, -0.1) is 0 Å². The molecule has 2 aliphatic rings. The van der Waals surface area contributed by atoms with Crippen LogP contribution in [0.2, 0.25) is 0 Å². The maximum Gasteiger partial charge on any atom is 0.263 e. The van der Waals surface area contributed by atoms with Gasteiger partial charge >= 0.3 is 0 Å². The van der Waals surface area contributed by atoms with Crippen molar-refractivity contribution < 1.29 is 27.5 Å². The molecule has 1 atom stereocenters. The van der Waals surface area contributed by atoms with Crippen LogP contribution in [-0.4, -0.2) is 57.4 Å². The molecule has 0 aromatic heterocycles. The molecule has 0 spiro atoms. The van der Waals surface area contributed by atoms with Crippen LogP contribution >= 0.6 is 0 Å². The van der Waals surface area contributed by atoms with E-state index in [1.165, 1.54) is 28.4 Å². The van der Waals surface area contributed by atoms with Crippen molar-refractivity contribution in [1.82, 2.24) is 9.62 Å². The number of nitrogens with zero attached hydrogens (tertiary/aromatic N) is 2. The fourth-order valence-corrected chi connectivity index (χ4v) is 6.75. The van der Waals surface area contributed by atoms with Gasteiger partial charge in [0.05, 0.1) is 19.3 Å². The number of anilines is 1. The molecule has 3 aromatic carbocycles. The molecule has 0 bridgehead atoms. The Balaban J connectivity index is 1.42. The van der Waals surface area contributed by atoms with Crippen molar-refractivity contribution in [3.05, 3.63) is 83.9 Å². The zero-order valence-corrected chi connectivity index (χ0v) is 23.2. The summed E-state index contributed by atoms with van der Waals surface area (Å²) in [5.74, 6) is -0.212. The van der Waals surface area contributed by atoms with E-state index in [0.717, 1.165) is 31.2 Å². The highest BCUT2D eigenvalue weighted by molar-refractivity contribution is 7.89. The summed E-state index contributed by atoms with van der Waals surface area (Å²) in [4.78, 5) is 28.4. The highest BCUT2D eigenvalue weighted by Gasteiger charge is 2.35. The second-order valence-electron chi connectivity index (χ2n) is 9.88. The normalized spacial score (nSPS) is 17.7. The molecule has 1 fully saturated rings. The molecule has 2 aliphatic heterocycles. The Morgan fingerprint density at radius 1 is 0.950 bits per heavy atom. The number of ether oxygens (including phenoxy) is 2. The third-order valence-corrected chi connectivity index (χ3v) is 9.13. The maximum atomic E-state index is 13.9. The lowest BCUT2D eigenvalue weighted by molar-refractivity contribution is -0.128. The number of carbonyl (C=O) groups is 2. The van der Waals surface area contributed by atoms with Crippen molar-refractivity contribution in [3.8, 4) is 11.5 Å². The van der Waals surface area contributed by atoms with Crippen LogP contribution in [0.25, 0.3) is 0 Å². The maximum absolute atomic E-state index is 13.9. The largest absolute Gasteiger partial charge is 0.495 e. The summed E-state index contributed by atoms with van der Waals surface area (Å²) in [5.41, 5.74) is 1.62. The van der Waals surface area contributed by atoms with E-state index in [1.807, 2.05) is 30.3 Å². The molecule has 210 valence electrons. The van der Waals surface area contributed by atoms with E-state index in [-0.39, 0.29) is 28.7 Å². The van der Waals surface area contributed by atoms with Crippen LogP contribution in [0.4, 0.5) is 5.69 Å². The molecular weight excluding hydrogens is 530 g/mol. The first-order valence-electron chi connectivity index (χ1n) is 13.5. The lowest BCUT2D eigenvalue weighted by atomic mass is 10.1. The zero-order chi connectivity index (χ0) is 28.1. The number of hydrogen-bond donors (Lipinski definition) is 1. The Hall–Kier alpha value is -3.89. The zero-order valence-electron chi connectivity index (χ0n) is 22.4. The molecule has 40 heavy (non-hydrogen) atoms. The molecule has 9 nitrogen and oxygen atoms in total. The van der Waals surface area contributed by atoms with Crippen LogP contribution in [-0.2, 0) is 21.4 Å². The molecule has 3 aromatic rings. The van der Waals surface area contributed by atoms with Gasteiger partial charge in [-0.2, -0.15) is 4.31 Å². The van der Waals surface area contributed by atoms with Crippen molar-refractivity contribution >= 4 is 27.5 Å². The van der Waals surface area contributed by atoms with Gasteiger partial charge in [0, 0.05) is 25.2 Å². The van der Waals surface area contributed by atoms with Crippen molar-refractivity contribution in [1.29, 1.82) is 0 Å². The Morgan fingerprint density at radius 3 is 2.38 bits per heavy atom. The lowest BCUT2D eigenvalue weighted by Crippen LogP contribution is -2.50. The minimum absolute atomic E-state index is 0.0310. The van der Waals surface area contributed by atoms with Crippen molar-refractivity contribution in [2.45, 2.75) is 43.2 Å². The Kier molecular flexibility index (Phi) is 8.37. The molecule has 0 radical (unpaired) electrons. The molecule has 5 rings (SSSR count). The highest BCUT2D eigenvalue weighted by Crippen LogP contribution is 2.35. The number of hydrogen-bond acceptors (Lipinski definition) is 6. The Labute approximate surface area is 234 Å². The molecule has 2 heterocycles. The number of carbonyl (C=O) groups excluding carboxylic acids is 2. The van der Waals surface area contributed by atoms with Gasteiger partial charge in [-0.1, -0.05) is 55.3 Å². The average Bonchev–Trinajstić information content (AvgIpc) is 3.29. The third kappa shape index (κ3) is 5.83. The molecule has 0 saturated carbocycles. The SMILES string of the molecule is COc1ccc(C(=O)N2C[C@H](C(=O)NCc3ccccc3)Oc3ccccc32)cc1S(=O)(=O)N1CCCCCC1. The number of benzene rings is 3. The summed E-state index contributed by atoms with van der Waals surface area (Å²) in [7, 11) is -2.47. The Morgan fingerprint density at radius 2 is 1.65 bits per heavy atom. The standard InChI is InChI=1S/C30H33N3O6S/c1-38-26-16-15-23(19-28(26)40(36,37)32-17-9-2-3-10-18-32)30(35)33-21-27(39-25-14-8-7-13-24(25)33)29(34)31-20-22-11-5-4-6-12-22/h4-8,11-16,19,27H,2-3,9-10,17-18,20-21H2,1H3,(H,31,34)/t27-/m1/s1. The quantitative estimate of drug-likeness (QED) is 0.466. The second kappa shape index (κ2) is 12.1. The van der Waals surface area contributed by atoms with Gasteiger partial charge in [0.2, 0.25) is 10.0 Å². The summed E-state index contributed by atoms with van der Waals surface area (Å²) in [6, 6.07) is 20.9. The topological polar surface area (TPSA) is 105 Å². The third-order valence-electron chi connectivity index (χ3n) is 7.21. The van der Waals surface area contributed by atoms with Gasteiger partial charge in [-0.05, 0) is 48.7 Å². The van der Waals surface area contributed by atoms with Crippen molar-refractivity contribution in [2.24, 2.45) is 0 Å². The lowest BCUT2D eigenvalue weighted by Gasteiger charge is -2.34. The van der Waals surface area contributed by atoms with Crippen LogP contribution in [0.5, 0.6) is 11.5 Å². The molecule has 0 aliphatic carbocycles. The second-order valence-corrected chi connectivity index (χ2v) is 11.8. The van der Waals surface area contributed by atoms with E-state index in [2.05, 4.69) is 5.32 Å².